The maximum absolute atomic E-state index is 13.3. The zero-order chi connectivity index (χ0) is 20.7. The van der Waals surface area contributed by atoms with Gasteiger partial charge in [0.15, 0.2) is 0 Å². The minimum atomic E-state index is -4.63. The van der Waals surface area contributed by atoms with Crippen molar-refractivity contribution in [1.29, 1.82) is 0 Å². The summed E-state index contributed by atoms with van der Waals surface area (Å²) >= 11 is 0. The highest BCUT2D eigenvalue weighted by Gasteiger charge is 2.36. The molecule has 5 nitrogen and oxygen atoms in total. The van der Waals surface area contributed by atoms with E-state index in [0.717, 1.165) is 12.0 Å². The highest BCUT2D eigenvalue weighted by Crippen LogP contribution is 2.35. The van der Waals surface area contributed by atoms with Gasteiger partial charge in [0, 0.05) is 18.0 Å². The fraction of sp³-hybridized carbons (Fsp3) is 0.238. The van der Waals surface area contributed by atoms with Crippen molar-refractivity contribution < 1.29 is 22.6 Å². The Kier molecular flexibility index (Phi) is 6.54. The Balaban J connectivity index is 1.81. The smallest absolute Gasteiger partial charge is 0.423 e. The standard InChI is InChI=1S/C21H20F3N3O2/c1-2-11-28-17-10-6-9-16(12-17)26-20-25-13-18(21(22,23)24)19(27-20)29-14-15-7-4-3-5-8-15/h3-10,12-13H,2,11,14H2,1H3,(H,25,26,27). The lowest BCUT2D eigenvalue weighted by Gasteiger charge is -2.14. The van der Waals surface area contributed by atoms with E-state index in [9.17, 15) is 13.2 Å². The third-order valence-corrected chi connectivity index (χ3v) is 3.84. The van der Waals surface area contributed by atoms with Crippen LogP contribution in [0.1, 0.15) is 24.5 Å². The number of hydrogen-bond acceptors (Lipinski definition) is 5. The number of alkyl halides is 3. The van der Waals surface area contributed by atoms with Gasteiger partial charge in [0.1, 0.15) is 17.9 Å². The molecule has 0 fully saturated rings. The molecular weight excluding hydrogens is 383 g/mol. The van der Waals surface area contributed by atoms with E-state index in [2.05, 4.69) is 15.3 Å². The monoisotopic (exact) mass is 403 g/mol. The quantitative estimate of drug-likeness (QED) is 0.530. The molecule has 1 N–H and O–H groups in total. The topological polar surface area (TPSA) is 56.3 Å². The van der Waals surface area contributed by atoms with E-state index in [4.69, 9.17) is 9.47 Å². The van der Waals surface area contributed by atoms with Crippen LogP contribution in [0.4, 0.5) is 24.8 Å². The molecule has 0 aliphatic rings. The van der Waals surface area contributed by atoms with Crippen LogP contribution in [0.15, 0.2) is 60.8 Å². The highest BCUT2D eigenvalue weighted by molar-refractivity contribution is 5.56. The average molecular weight is 403 g/mol. The van der Waals surface area contributed by atoms with Gasteiger partial charge in [-0.25, -0.2) is 4.98 Å². The van der Waals surface area contributed by atoms with Crippen molar-refractivity contribution in [2.75, 3.05) is 11.9 Å². The molecule has 2 aromatic carbocycles. The van der Waals surface area contributed by atoms with Crippen molar-refractivity contribution in [3.8, 4) is 11.6 Å². The number of ether oxygens (including phenoxy) is 2. The van der Waals surface area contributed by atoms with Crippen LogP contribution in [0.5, 0.6) is 11.6 Å². The molecule has 0 unspecified atom stereocenters. The molecule has 0 aliphatic heterocycles. The van der Waals surface area contributed by atoms with E-state index in [0.29, 0.717) is 24.2 Å². The molecule has 152 valence electrons. The predicted octanol–water partition coefficient (Wildman–Crippen LogP) is 5.61. The molecule has 0 aliphatic carbocycles. The summed E-state index contributed by atoms with van der Waals surface area (Å²) in [6.07, 6.45) is -3.05. The van der Waals surface area contributed by atoms with Crippen molar-refractivity contribution in [3.63, 3.8) is 0 Å². The summed E-state index contributed by atoms with van der Waals surface area (Å²) in [5.41, 5.74) is 0.293. The molecule has 0 bridgehead atoms. The molecule has 3 rings (SSSR count). The van der Waals surface area contributed by atoms with Crippen LogP contribution in [-0.4, -0.2) is 16.6 Å². The molecule has 1 aromatic heterocycles. The minimum Gasteiger partial charge on any atom is -0.494 e. The van der Waals surface area contributed by atoms with Crippen LogP contribution >= 0.6 is 0 Å². The van der Waals surface area contributed by atoms with Crippen LogP contribution < -0.4 is 14.8 Å². The molecule has 0 atom stereocenters. The zero-order valence-corrected chi connectivity index (χ0v) is 15.7. The Morgan fingerprint density at radius 1 is 1.00 bits per heavy atom. The van der Waals surface area contributed by atoms with Crippen LogP contribution in [-0.2, 0) is 12.8 Å². The van der Waals surface area contributed by atoms with Crippen LogP contribution in [0.25, 0.3) is 0 Å². The molecule has 3 aromatic rings. The van der Waals surface area contributed by atoms with Crippen LogP contribution in [0.2, 0.25) is 0 Å². The third kappa shape index (κ3) is 5.84. The van der Waals surface area contributed by atoms with Gasteiger partial charge >= 0.3 is 6.18 Å². The molecule has 0 saturated heterocycles. The normalized spacial score (nSPS) is 11.2. The first-order valence-electron chi connectivity index (χ1n) is 9.06. The Bertz CT molecular complexity index is 934. The Morgan fingerprint density at radius 3 is 2.52 bits per heavy atom. The Labute approximate surface area is 166 Å². The molecule has 0 spiro atoms. The van der Waals surface area contributed by atoms with Crippen molar-refractivity contribution in [2.45, 2.75) is 26.1 Å². The maximum Gasteiger partial charge on any atom is 0.423 e. The first-order chi connectivity index (χ1) is 14.0. The summed E-state index contributed by atoms with van der Waals surface area (Å²) in [6, 6.07) is 15.9. The van der Waals surface area contributed by atoms with Gasteiger partial charge in [-0.1, -0.05) is 43.3 Å². The van der Waals surface area contributed by atoms with E-state index in [-0.39, 0.29) is 12.6 Å². The molecule has 8 heteroatoms. The van der Waals surface area contributed by atoms with Crippen LogP contribution in [0, 0.1) is 0 Å². The summed E-state index contributed by atoms with van der Waals surface area (Å²) in [7, 11) is 0. The van der Waals surface area contributed by atoms with Crippen molar-refractivity contribution in [1.82, 2.24) is 9.97 Å². The fourth-order valence-electron chi connectivity index (χ4n) is 2.47. The number of nitrogens with zero attached hydrogens (tertiary/aromatic N) is 2. The Hall–Kier alpha value is -3.29. The van der Waals surface area contributed by atoms with E-state index >= 15 is 0 Å². The minimum absolute atomic E-state index is 0.00583. The zero-order valence-electron chi connectivity index (χ0n) is 15.7. The van der Waals surface area contributed by atoms with Gasteiger partial charge < -0.3 is 14.8 Å². The second-order valence-corrected chi connectivity index (χ2v) is 6.19. The molecule has 29 heavy (non-hydrogen) atoms. The number of rotatable bonds is 8. The number of benzene rings is 2. The summed E-state index contributed by atoms with van der Waals surface area (Å²) in [5, 5.41) is 2.89. The molecule has 1 heterocycles. The number of anilines is 2. The number of halogens is 3. The lowest BCUT2D eigenvalue weighted by molar-refractivity contribution is -0.139. The summed E-state index contributed by atoms with van der Waals surface area (Å²) in [5.74, 6) is 0.107. The van der Waals surface area contributed by atoms with E-state index in [1.54, 1.807) is 48.5 Å². The number of aromatic nitrogens is 2. The van der Waals surface area contributed by atoms with Crippen molar-refractivity contribution in [2.24, 2.45) is 0 Å². The van der Waals surface area contributed by atoms with Crippen LogP contribution in [0.3, 0.4) is 0 Å². The maximum atomic E-state index is 13.3. The Morgan fingerprint density at radius 2 is 1.79 bits per heavy atom. The third-order valence-electron chi connectivity index (χ3n) is 3.84. The average Bonchev–Trinajstić information content (AvgIpc) is 2.71. The van der Waals surface area contributed by atoms with Gasteiger partial charge in [0.05, 0.1) is 6.61 Å². The highest BCUT2D eigenvalue weighted by atomic mass is 19.4. The van der Waals surface area contributed by atoms with Crippen molar-refractivity contribution in [3.05, 3.63) is 71.9 Å². The molecular formula is C21H20F3N3O2. The van der Waals surface area contributed by atoms with Gasteiger partial charge in [-0.2, -0.15) is 18.2 Å². The van der Waals surface area contributed by atoms with Gasteiger partial charge in [-0.3, -0.25) is 0 Å². The van der Waals surface area contributed by atoms with Gasteiger partial charge in [-0.05, 0) is 24.1 Å². The number of nitrogens with one attached hydrogen (secondary N) is 1. The first kappa shape index (κ1) is 20.4. The van der Waals surface area contributed by atoms with Gasteiger partial charge in [0.2, 0.25) is 11.8 Å². The number of hydrogen-bond donors (Lipinski definition) is 1. The summed E-state index contributed by atoms with van der Waals surface area (Å²) in [4.78, 5) is 7.72. The molecule has 0 saturated carbocycles. The molecule has 0 amide bonds. The lowest BCUT2D eigenvalue weighted by Crippen LogP contribution is -2.12. The van der Waals surface area contributed by atoms with E-state index in [1.165, 1.54) is 0 Å². The largest absolute Gasteiger partial charge is 0.494 e. The summed E-state index contributed by atoms with van der Waals surface area (Å²) < 4.78 is 50.8. The van der Waals surface area contributed by atoms with E-state index in [1.807, 2.05) is 13.0 Å². The summed E-state index contributed by atoms with van der Waals surface area (Å²) in [6.45, 7) is 2.52. The second-order valence-electron chi connectivity index (χ2n) is 6.19. The molecule has 0 radical (unpaired) electrons. The van der Waals surface area contributed by atoms with Gasteiger partial charge in [-0.15, -0.1) is 0 Å². The fourth-order valence-corrected chi connectivity index (χ4v) is 2.47. The lowest BCUT2D eigenvalue weighted by atomic mass is 10.2. The SMILES string of the molecule is CCCOc1cccc(Nc2ncc(C(F)(F)F)c(OCc3ccccc3)n2)c1. The van der Waals surface area contributed by atoms with Crippen molar-refractivity contribution >= 4 is 11.6 Å². The predicted molar refractivity (Wildman–Crippen MR) is 103 cm³/mol. The second kappa shape index (κ2) is 9.27. The van der Waals surface area contributed by atoms with E-state index < -0.39 is 17.6 Å². The van der Waals surface area contributed by atoms with Gasteiger partial charge in [0.25, 0.3) is 0 Å². The first-order valence-corrected chi connectivity index (χ1v) is 9.06.